The molecule has 0 aromatic heterocycles. The average molecular weight is 266 g/mol. The molecule has 0 unspecified atom stereocenters. The summed E-state index contributed by atoms with van der Waals surface area (Å²) in [5, 5.41) is 0. The van der Waals surface area contributed by atoms with Crippen molar-refractivity contribution in [2.24, 2.45) is 11.7 Å². The molecule has 1 aliphatic carbocycles. The van der Waals surface area contributed by atoms with Crippen LogP contribution in [0.5, 0.6) is 0 Å². The molecule has 5 heteroatoms. The molecule has 0 saturated heterocycles. The van der Waals surface area contributed by atoms with Gasteiger partial charge in [-0.2, -0.15) is 13.2 Å². The maximum atomic E-state index is 12.7. The Hall–Kier alpha value is -0.740. The summed E-state index contributed by atoms with van der Waals surface area (Å²) in [6, 6.07) is 5.13. The van der Waals surface area contributed by atoms with Gasteiger partial charge >= 0.3 is 6.18 Å². The third-order valence-electron chi connectivity index (χ3n) is 3.28. The summed E-state index contributed by atoms with van der Waals surface area (Å²) < 4.78 is 38.2. The number of rotatable bonds is 2. The van der Waals surface area contributed by atoms with Crippen molar-refractivity contribution in [3.8, 4) is 0 Å². The van der Waals surface area contributed by atoms with Gasteiger partial charge in [-0.3, -0.25) is 0 Å². The summed E-state index contributed by atoms with van der Waals surface area (Å²) >= 11 is 0. The first-order chi connectivity index (χ1) is 7.50. The van der Waals surface area contributed by atoms with Crippen molar-refractivity contribution in [1.29, 1.82) is 0 Å². The van der Waals surface area contributed by atoms with Crippen LogP contribution in [-0.4, -0.2) is 0 Å². The monoisotopic (exact) mass is 265 g/mol. The van der Waals surface area contributed by atoms with Crippen LogP contribution in [0.15, 0.2) is 24.3 Å². The van der Waals surface area contributed by atoms with Crippen LogP contribution in [0.1, 0.15) is 36.4 Å². The molecule has 1 fully saturated rings. The van der Waals surface area contributed by atoms with E-state index in [-0.39, 0.29) is 23.9 Å². The maximum Gasteiger partial charge on any atom is 0.416 e. The fourth-order valence-corrected chi connectivity index (χ4v) is 2.10. The standard InChI is InChI=1S/C12H14F3N.ClH/c13-12(14,15)10-7-2-1-6-9(10)11(16)8-4-3-5-8;/h1-2,6-8,11H,3-5,16H2;1H/t11-;/m0./s1. The van der Waals surface area contributed by atoms with Crippen LogP contribution in [0.4, 0.5) is 13.2 Å². The van der Waals surface area contributed by atoms with E-state index in [1.54, 1.807) is 6.07 Å². The zero-order valence-corrected chi connectivity index (χ0v) is 10.0. The topological polar surface area (TPSA) is 26.0 Å². The number of hydrogen-bond donors (Lipinski definition) is 1. The van der Waals surface area contributed by atoms with Crippen LogP contribution in [-0.2, 0) is 6.18 Å². The van der Waals surface area contributed by atoms with E-state index in [0.717, 1.165) is 25.3 Å². The van der Waals surface area contributed by atoms with E-state index in [9.17, 15) is 13.2 Å². The van der Waals surface area contributed by atoms with Crippen molar-refractivity contribution in [3.05, 3.63) is 35.4 Å². The maximum absolute atomic E-state index is 12.7. The van der Waals surface area contributed by atoms with Gasteiger partial charge in [0.15, 0.2) is 0 Å². The fourth-order valence-electron chi connectivity index (χ4n) is 2.10. The highest BCUT2D eigenvalue weighted by Crippen LogP contribution is 2.41. The predicted octanol–water partition coefficient (Wildman–Crippen LogP) is 3.93. The molecule has 17 heavy (non-hydrogen) atoms. The lowest BCUT2D eigenvalue weighted by Gasteiger charge is -2.32. The smallest absolute Gasteiger partial charge is 0.324 e. The Bertz CT molecular complexity index is 374. The van der Waals surface area contributed by atoms with Crippen molar-refractivity contribution >= 4 is 12.4 Å². The predicted molar refractivity (Wildman–Crippen MR) is 63.0 cm³/mol. The van der Waals surface area contributed by atoms with Crippen LogP contribution >= 0.6 is 12.4 Å². The SMILES string of the molecule is Cl.N[C@H](c1ccccc1C(F)(F)F)C1CCC1. The molecule has 0 amide bonds. The largest absolute Gasteiger partial charge is 0.416 e. The minimum absolute atomic E-state index is 0. The Morgan fingerprint density at radius 1 is 1.18 bits per heavy atom. The Labute approximate surface area is 105 Å². The summed E-state index contributed by atoms with van der Waals surface area (Å²) in [5.41, 5.74) is 5.55. The second-order valence-electron chi connectivity index (χ2n) is 4.30. The number of benzene rings is 1. The van der Waals surface area contributed by atoms with Gasteiger partial charge in [0.2, 0.25) is 0 Å². The van der Waals surface area contributed by atoms with E-state index in [0.29, 0.717) is 0 Å². The van der Waals surface area contributed by atoms with Crippen LogP contribution in [0.25, 0.3) is 0 Å². The minimum atomic E-state index is -4.31. The van der Waals surface area contributed by atoms with Crippen LogP contribution in [0.3, 0.4) is 0 Å². The number of nitrogens with two attached hydrogens (primary N) is 1. The van der Waals surface area contributed by atoms with Crippen molar-refractivity contribution in [2.45, 2.75) is 31.5 Å². The Kier molecular flexibility index (Phi) is 4.44. The van der Waals surface area contributed by atoms with Gasteiger partial charge in [-0.25, -0.2) is 0 Å². The lowest BCUT2D eigenvalue weighted by molar-refractivity contribution is -0.138. The van der Waals surface area contributed by atoms with E-state index >= 15 is 0 Å². The summed E-state index contributed by atoms with van der Waals surface area (Å²) in [7, 11) is 0. The molecule has 1 saturated carbocycles. The summed E-state index contributed by atoms with van der Waals surface area (Å²) in [4.78, 5) is 0. The van der Waals surface area contributed by atoms with Crippen molar-refractivity contribution in [3.63, 3.8) is 0 Å². The molecule has 0 bridgehead atoms. The molecule has 0 heterocycles. The van der Waals surface area contributed by atoms with Gasteiger partial charge in [0.25, 0.3) is 0 Å². The van der Waals surface area contributed by atoms with Crippen LogP contribution < -0.4 is 5.73 Å². The molecule has 96 valence electrons. The van der Waals surface area contributed by atoms with Gasteiger partial charge in [-0.1, -0.05) is 24.6 Å². The van der Waals surface area contributed by atoms with Gasteiger partial charge in [0.05, 0.1) is 5.56 Å². The van der Waals surface area contributed by atoms with Gasteiger partial charge in [-0.05, 0) is 30.4 Å². The highest BCUT2D eigenvalue weighted by Gasteiger charge is 2.36. The van der Waals surface area contributed by atoms with Gasteiger partial charge in [0.1, 0.15) is 0 Å². The Morgan fingerprint density at radius 3 is 2.24 bits per heavy atom. The molecule has 0 aliphatic heterocycles. The third-order valence-corrected chi connectivity index (χ3v) is 3.28. The molecule has 1 nitrogen and oxygen atoms in total. The van der Waals surface area contributed by atoms with Crippen molar-refractivity contribution in [2.75, 3.05) is 0 Å². The molecule has 1 atom stereocenters. The van der Waals surface area contributed by atoms with E-state index < -0.39 is 17.8 Å². The molecule has 0 radical (unpaired) electrons. The molecule has 2 N–H and O–H groups in total. The highest BCUT2D eigenvalue weighted by atomic mass is 35.5. The van der Waals surface area contributed by atoms with Crippen LogP contribution in [0, 0.1) is 5.92 Å². The number of halogens is 4. The van der Waals surface area contributed by atoms with E-state index in [2.05, 4.69) is 0 Å². The summed E-state index contributed by atoms with van der Waals surface area (Å²) in [5.74, 6) is 0.212. The quantitative estimate of drug-likeness (QED) is 0.862. The van der Waals surface area contributed by atoms with E-state index in [1.807, 2.05) is 0 Å². The molecule has 2 rings (SSSR count). The Morgan fingerprint density at radius 2 is 1.76 bits per heavy atom. The van der Waals surface area contributed by atoms with E-state index in [4.69, 9.17) is 5.73 Å². The first-order valence-corrected chi connectivity index (χ1v) is 5.42. The average Bonchev–Trinajstić information content (AvgIpc) is 2.13. The molecular formula is C12H15ClF3N. The number of hydrogen-bond acceptors (Lipinski definition) is 1. The van der Waals surface area contributed by atoms with Gasteiger partial charge in [-0.15, -0.1) is 12.4 Å². The third kappa shape index (κ3) is 2.93. The van der Waals surface area contributed by atoms with Gasteiger partial charge < -0.3 is 5.73 Å². The summed E-state index contributed by atoms with van der Waals surface area (Å²) in [6.45, 7) is 0. The molecular weight excluding hydrogens is 251 g/mol. The normalized spacial score (nSPS) is 18.1. The van der Waals surface area contributed by atoms with E-state index in [1.165, 1.54) is 12.1 Å². The first kappa shape index (κ1) is 14.3. The van der Waals surface area contributed by atoms with Crippen molar-refractivity contribution < 1.29 is 13.2 Å². The van der Waals surface area contributed by atoms with Gasteiger partial charge in [0, 0.05) is 6.04 Å². The zero-order valence-electron chi connectivity index (χ0n) is 9.20. The minimum Gasteiger partial charge on any atom is -0.324 e. The molecule has 0 spiro atoms. The molecule has 1 aromatic rings. The van der Waals surface area contributed by atoms with Crippen molar-refractivity contribution in [1.82, 2.24) is 0 Å². The van der Waals surface area contributed by atoms with Crippen LogP contribution in [0.2, 0.25) is 0 Å². The Balaban J connectivity index is 0.00000144. The highest BCUT2D eigenvalue weighted by molar-refractivity contribution is 5.85. The number of alkyl halides is 3. The summed E-state index contributed by atoms with van der Waals surface area (Å²) in [6.07, 6.45) is -1.36. The second-order valence-corrected chi connectivity index (χ2v) is 4.30. The zero-order chi connectivity index (χ0) is 11.8. The lowest BCUT2D eigenvalue weighted by atomic mass is 9.76. The molecule has 1 aliphatic rings. The lowest BCUT2D eigenvalue weighted by Crippen LogP contribution is -2.28. The fraction of sp³-hybridized carbons (Fsp3) is 0.500. The molecule has 1 aromatic carbocycles. The first-order valence-electron chi connectivity index (χ1n) is 5.42. The second kappa shape index (κ2) is 5.27.